The summed E-state index contributed by atoms with van der Waals surface area (Å²) in [5.74, 6) is -1.44. The predicted molar refractivity (Wildman–Crippen MR) is 111 cm³/mol. The summed E-state index contributed by atoms with van der Waals surface area (Å²) in [7, 11) is 0. The smallest absolute Gasteiger partial charge is 0.321 e. The summed E-state index contributed by atoms with van der Waals surface area (Å²) < 4.78 is 5.08. The number of hydrogen-bond donors (Lipinski definition) is 2. The van der Waals surface area contributed by atoms with Gasteiger partial charge in [-0.05, 0) is 62.6 Å². The Kier molecular flexibility index (Phi) is 7.60. The quantitative estimate of drug-likeness (QED) is 0.527. The minimum Gasteiger partial charge on any atom is -0.453 e. The molecule has 2 N–H and O–H groups in total. The number of imide groups is 1. The first-order valence-corrected chi connectivity index (χ1v) is 10.9. The Morgan fingerprint density at radius 2 is 1.70 bits per heavy atom. The zero-order valence-corrected chi connectivity index (χ0v) is 17.5. The molecule has 162 valence electrons. The van der Waals surface area contributed by atoms with Gasteiger partial charge in [-0.2, -0.15) is 0 Å². The number of rotatable bonds is 7. The monoisotopic (exact) mass is 414 g/mol. The fourth-order valence-electron chi connectivity index (χ4n) is 4.08. The molecule has 2 aliphatic rings. The summed E-state index contributed by atoms with van der Waals surface area (Å²) in [6.07, 6.45) is 7.11. The van der Waals surface area contributed by atoms with Crippen LogP contribution in [0.2, 0.25) is 0 Å². The highest BCUT2D eigenvalue weighted by Crippen LogP contribution is 2.23. The molecular formula is C23H30N2O5. The highest BCUT2D eigenvalue weighted by molar-refractivity contribution is 5.99. The lowest BCUT2D eigenvalue weighted by molar-refractivity contribution is -0.154. The highest BCUT2D eigenvalue weighted by Gasteiger charge is 2.23. The molecule has 0 heterocycles. The fraction of sp³-hybridized carbons (Fsp3) is 0.565. The second-order valence-corrected chi connectivity index (χ2v) is 8.19. The molecule has 0 unspecified atom stereocenters. The van der Waals surface area contributed by atoms with Gasteiger partial charge in [-0.1, -0.05) is 25.0 Å². The van der Waals surface area contributed by atoms with E-state index in [2.05, 4.69) is 10.6 Å². The van der Waals surface area contributed by atoms with E-state index < -0.39 is 24.0 Å². The van der Waals surface area contributed by atoms with E-state index in [1.807, 2.05) is 18.2 Å². The molecule has 1 atom stereocenters. The van der Waals surface area contributed by atoms with Gasteiger partial charge in [0.25, 0.3) is 5.91 Å². The second kappa shape index (κ2) is 10.4. The zero-order valence-electron chi connectivity index (χ0n) is 17.5. The molecule has 7 nitrogen and oxygen atoms in total. The van der Waals surface area contributed by atoms with Gasteiger partial charge in [-0.15, -0.1) is 0 Å². The van der Waals surface area contributed by atoms with Crippen LogP contribution in [-0.2, 0) is 27.2 Å². The Balaban J connectivity index is 1.40. The van der Waals surface area contributed by atoms with E-state index in [4.69, 9.17) is 4.74 Å². The first kappa shape index (κ1) is 22.0. The average molecular weight is 415 g/mol. The molecule has 1 aromatic carbocycles. The minimum absolute atomic E-state index is 0.0219. The number of amides is 3. The van der Waals surface area contributed by atoms with E-state index in [-0.39, 0.29) is 24.7 Å². The summed E-state index contributed by atoms with van der Waals surface area (Å²) >= 11 is 0. The van der Waals surface area contributed by atoms with Crippen LogP contribution in [-0.4, -0.2) is 35.8 Å². The SMILES string of the molecule is C[C@H](OC(=O)CCC(=O)c1ccc2c(c1)CCCC2)C(=O)NC(=O)NC1CCCC1. The summed E-state index contributed by atoms with van der Waals surface area (Å²) in [5.41, 5.74) is 3.13. The average Bonchev–Trinajstić information content (AvgIpc) is 3.24. The van der Waals surface area contributed by atoms with Crippen molar-refractivity contribution >= 4 is 23.7 Å². The number of fused-ring (bicyclic) bond motifs is 1. The van der Waals surface area contributed by atoms with Crippen LogP contribution in [0.4, 0.5) is 4.79 Å². The molecule has 0 radical (unpaired) electrons. The van der Waals surface area contributed by atoms with Gasteiger partial charge in [0.05, 0.1) is 6.42 Å². The lowest BCUT2D eigenvalue weighted by Gasteiger charge is -2.16. The van der Waals surface area contributed by atoms with Crippen LogP contribution in [0.5, 0.6) is 0 Å². The number of aryl methyl sites for hydroxylation is 2. The minimum atomic E-state index is -1.11. The topological polar surface area (TPSA) is 102 Å². The van der Waals surface area contributed by atoms with Crippen LogP contribution in [0.25, 0.3) is 0 Å². The Morgan fingerprint density at radius 1 is 1.00 bits per heavy atom. The van der Waals surface area contributed by atoms with Gasteiger partial charge in [0.1, 0.15) is 0 Å². The molecule has 7 heteroatoms. The molecule has 2 aliphatic carbocycles. The van der Waals surface area contributed by atoms with Crippen molar-refractivity contribution in [2.75, 3.05) is 0 Å². The van der Waals surface area contributed by atoms with Gasteiger partial charge >= 0.3 is 12.0 Å². The van der Waals surface area contributed by atoms with E-state index in [9.17, 15) is 19.2 Å². The number of urea groups is 1. The van der Waals surface area contributed by atoms with Gasteiger partial charge in [-0.3, -0.25) is 19.7 Å². The number of hydrogen-bond acceptors (Lipinski definition) is 5. The first-order valence-electron chi connectivity index (χ1n) is 10.9. The Morgan fingerprint density at radius 3 is 2.43 bits per heavy atom. The van der Waals surface area contributed by atoms with Crippen LogP contribution >= 0.6 is 0 Å². The molecule has 3 amide bonds. The van der Waals surface area contributed by atoms with Gasteiger partial charge in [0.15, 0.2) is 11.9 Å². The fourth-order valence-corrected chi connectivity index (χ4v) is 4.08. The number of esters is 1. The molecule has 0 saturated heterocycles. The highest BCUT2D eigenvalue weighted by atomic mass is 16.5. The molecule has 30 heavy (non-hydrogen) atoms. The number of carbonyl (C=O) groups is 4. The van der Waals surface area contributed by atoms with Crippen molar-refractivity contribution in [3.63, 3.8) is 0 Å². The predicted octanol–water partition coefficient (Wildman–Crippen LogP) is 3.23. The van der Waals surface area contributed by atoms with Crippen molar-refractivity contribution in [1.29, 1.82) is 0 Å². The standard InChI is InChI=1S/C23H30N2O5/c1-15(22(28)25-23(29)24-19-8-4-5-9-19)30-21(27)13-12-20(26)18-11-10-16-6-2-3-7-17(16)14-18/h10-11,14-15,19H,2-9,12-13H2,1H3,(H2,24,25,28,29)/t15-/m0/s1. The first-order chi connectivity index (χ1) is 14.4. The molecule has 1 saturated carbocycles. The van der Waals surface area contributed by atoms with Crippen LogP contribution in [0.3, 0.4) is 0 Å². The molecular weight excluding hydrogens is 384 g/mol. The third kappa shape index (κ3) is 6.15. The maximum absolute atomic E-state index is 12.4. The third-order valence-corrected chi connectivity index (χ3v) is 5.83. The molecule has 0 aromatic heterocycles. The van der Waals surface area contributed by atoms with Crippen LogP contribution in [0.1, 0.15) is 79.8 Å². The van der Waals surface area contributed by atoms with E-state index >= 15 is 0 Å². The zero-order chi connectivity index (χ0) is 21.5. The molecule has 0 bridgehead atoms. The molecule has 0 aliphatic heterocycles. The van der Waals surface area contributed by atoms with E-state index in [1.165, 1.54) is 24.5 Å². The summed E-state index contributed by atoms with van der Waals surface area (Å²) in [5, 5.41) is 4.94. The lowest BCUT2D eigenvalue weighted by atomic mass is 9.89. The lowest BCUT2D eigenvalue weighted by Crippen LogP contribution is -2.47. The van der Waals surface area contributed by atoms with E-state index in [1.54, 1.807) is 0 Å². The van der Waals surface area contributed by atoms with Crippen molar-refractivity contribution in [3.05, 3.63) is 34.9 Å². The Labute approximate surface area is 176 Å². The van der Waals surface area contributed by atoms with Crippen molar-refractivity contribution in [2.45, 2.75) is 83.3 Å². The van der Waals surface area contributed by atoms with Crippen LogP contribution < -0.4 is 10.6 Å². The Bertz CT molecular complexity index is 814. The van der Waals surface area contributed by atoms with Crippen LogP contribution in [0.15, 0.2) is 18.2 Å². The van der Waals surface area contributed by atoms with Gasteiger partial charge < -0.3 is 10.1 Å². The van der Waals surface area contributed by atoms with E-state index in [0.29, 0.717) is 5.56 Å². The van der Waals surface area contributed by atoms with Gasteiger partial charge in [0.2, 0.25) is 0 Å². The largest absolute Gasteiger partial charge is 0.453 e. The maximum Gasteiger partial charge on any atom is 0.321 e. The van der Waals surface area contributed by atoms with Crippen molar-refractivity contribution in [2.24, 2.45) is 0 Å². The van der Waals surface area contributed by atoms with Gasteiger partial charge in [-0.25, -0.2) is 4.79 Å². The molecule has 1 aromatic rings. The van der Waals surface area contributed by atoms with Crippen molar-refractivity contribution < 1.29 is 23.9 Å². The molecule has 1 fully saturated rings. The van der Waals surface area contributed by atoms with E-state index in [0.717, 1.165) is 44.9 Å². The number of Topliss-reactive ketones (excluding diaryl/α,β-unsaturated/α-hetero) is 1. The molecule has 3 rings (SSSR count). The van der Waals surface area contributed by atoms with Gasteiger partial charge in [0, 0.05) is 18.0 Å². The summed E-state index contributed by atoms with van der Waals surface area (Å²) in [6, 6.07) is 5.27. The van der Waals surface area contributed by atoms with Crippen molar-refractivity contribution in [1.82, 2.24) is 10.6 Å². The summed E-state index contributed by atoms with van der Waals surface area (Å²) in [4.78, 5) is 48.3. The molecule has 0 spiro atoms. The summed E-state index contributed by atoms with van der Waals surface area (Å²) in [6.45, 7) is 1.40. The number of carbonyl (C=O) groups excluding carboxylic acids is 4. The second-order valence-electron chi connectivity index (χ2n) is 8.19. The number of nitrogens with one attached hydrogen (secondary N) is 2. The van der Waals surface area contributed by atoms with Crippen molar-refractivity contribution in [3.8, 4) is 0 Å². The number of ether oxygens (including phenoxy) is 1. The van der Waals surface area contributed by atoms with Crippen LogP contribution in [0, 0.1) is 0 Å². The normalized spacial score (nSPS) is 17.0. The maximum atomic E-state index is 12.4. The number of benzene rings is 1. The third-order valence-electron chi connectivity index (χ3n) is 5.83. The number of ketones is 1. The Hall–Kier alpha value is -2.70.